The fraction of sp³-hybridized carbons (Fsp3) is 0.643. The summed E-state index contributed by atoms with van der Waals surface area (Å²) >= 11 is 0. The van der Waals surface area contributed by atoms with Crippen LogP contribution in [0.15, 0.2) is 24.0 Å². The molecular formula is C14H22N2O. The normalized spacial score (nSPS) is 21.9. The molecule has 3 heteroatoms. The van der Waals surface area contributed by atoms with Gasteiger partial charge in [-0.2, -0.15) is 5.10 Å². The van der Waals surface area contributed by atoms with Crippen LogP contribution < -0.4 is 0 Å². The van der Waals surface area contributed by atoms with Crippen LogP contribution in [0, 0.1) is 5.92 Å². The first-order valence-corrected chi connectivity index (χ1v) is 6.37. The fourth-order valence-corrected chi connectivity index (χ4v) is 2.21. The third-order valence-corrected chi connectivity index (χ3v) is 3.49. The van der Waals surface area contributed by atoms with Gasteiger partial charge in [0.25, 0.3) is 0 Å². The van der Waals surface area contributed by atoms with E-state index < -0.39 is 0 Å². The van der Waals surface area contributed by atoms with E-state index in [1.54, 1.807) is 0 Å². The summed E-state index contributed by atoms with van der Waals surface area (Å²) in [7, 11) is 1.96. The number of nitrogens with zero attached hydrogens (tertiary/aromatic N) is 2. The maximum atomic E-state index is 5.81. The van der Waals surface area contributed by atoms with E-state index in [2.05, 4.69) is 38.1 Å². The lowest BCUT2D eigenvalue weighted by Gasteiger charge is -2.13. The Morgan fingerprint density at radius 3 is 2.76 bits per heavy atom. The van der Waals surface area contributed by atoms with E-state index in [9.17, 15) is 0 Å². The van der Waals surface area contributed by atoms with Crippen molar-refractivity contribution in [2.24, 2.45) is 13.0 Å². The second-order valence-electron chi connectivity index (χ2n) is 5.33. The minimum Gasteiger partial charge on any atom is -0.370 e. The molecule has 0 N–H and O–H groups in total. The van der Waals surface area contributed by atoms with Gasteiger partial charge < -0.3 is 4.74 Å². The van der Waals surface area contributed by atoms with Crippen LogP contribution >= 0.6 is 0 Å². The number of aromatic nitrogens is 2. The highest BCUT2D eigenvalue weighted by molar-refractivity contribution is 5.16. The Morgan fingerprint density at radius 1 is 1.47 bits per heavy atom. The van der Waals surface area contributed by atoms with Crippen molar-refractivity contribution in [2.75, 3.05) is 6.61 Å². The van der Waals surface area contributed by atoms with Crippen LogP contribution in [0.1, 0.15) is 38.7 Å². The van der Waals surface area contributed by atoms with Crippen molar-refractivity contribution in [3.63, 3.8) is 0 Å². The summed E-state index contributed by atoms with van der Waals surface area (Å²) in [6.45, 7) is 7.49. The van der Waals surface area contributed by atoms with Gasteiger partial charge in [-0.3, -0.25) is 4.68 Å². The monoisotopic (exact) mass is 234 g/mol. The Balaban J connectivity index is 1.94. The quantitative estimate of drug-likeness (QED) is 0.749. The maximum Gasteiger partial charge on any atom is 0.0769 e. The number of hydrogen-bond acceptors (Lipinski definition) is 2. The van der Waals surface area contributed by atoms with E-state index in [1.165, 1.54) is 11.1 Å². The Morgan fingerprint density at radius 2 is 2.24 bits per heavy atom. The van der Waals surface area contributed by atoms with Crippen LogP contribution in [-0.4, -0.2) is 22.5 Å². The van der Waals surface area contributed by atoms with Gasteiger partial charge in [0.1, 0.15) is 0 Å². The molecule has 1 aliphatic rings. The lowest BCUT2D eigenvalue weighted by atomic mass is 9.96. The van der Waals surface area contributed by atoms with Gasteiger partial charge >= 0.3 is 0 Å². The molecule has 94 valence electrons. The summed E-state index contributed by atoms with van der Waals surface area (Å²) in [5, 5.41) is 4.22. The minimum atomic E-state index is 0.280. The van der Waals surface area contributed by atoms with Crippen LogP contribution in [0.25, 0.3) is 0 Å². The van der Waals surface area contributed by atoms with Gasteiger partial charge in [0.2, 0.25) is 0 Å². The highest BCUT2D eigenvalue weighted by atomic mass is 16.5. The van der Waals surface area contributed by atoms with E-state index in [-0.39, 0.29) is 6.10 Å². The largest absolute Gasteiger partial charge is 0.370 e. The molecule has 1 aromatic rings. The molecule has 1 unspecified atom stereocenters. The summed E-state index contributed by atoms with van der Waals surface area (Å²) in [4.78, 5) is 0. The van der Waals surface area contributed by atoms with Crippen molar-refractivity contribution in [3.05, 3.63) is 29.6 Å². The van der Waals surface area contributed by atoms with Crippen molar-refractivity contribution in [1.82, 2.24) is 9.78 Å². The molecule has 0 aromatic carbocycles. The SMILES string of the molecule is CC(C)C1=CC(C[C@@H](C)c2cnn(C)c2)OC1. The smallest absolute Gasteiger partial charge is 0.0769 e. The van der Waals surface area contributed by atoms with E-state index >= 15 is 0 Å². The van der Waals surface area contributed by atoms with Gasteiger partial charge in [-0.15, -0.1) is 0 Å². The lowest BCUT2D eigenvalue weighted by Crippen LogP contribution is -2.08. The van der Waals surface area contributed by atoms with E-state index in [0.29, 0.717) is 11.8 Å². The van der Waals surface area contributed by atoms with Crippen LogP contribution in [-0.2, 0) is 11.8 Å². The lowest BCUT2D eigenvalue weighted by molar-refractivity contribution is 0.112. The van der Waals surface area contributed by atoms with Gasteiger partial charge in [-0.1, -0.05) is 26.8 Å². The molecule has 0 spiro atoms. The molecule has 0 aliphatic carbocycles. The molecule has 0 bridgehead atoms. The second-order valence-corrected chi connectivity index (χ2v) is 5.33. The molecule has 0 radical (unpaired) electrons. The number of aryl methyl sites for hydroxylation is 1. The fourth-order valence-electron chi connectivity index (χ4n) is 2.21. The Bertz CT molecular complexity index is 406. The summed E-state index contributed by atoms with van der Waals surface area (Å²) in [6.07, 6.45) is 7.67. The predicted molar refractivity (Wildman–Crippen MR) is 68.9 cm³/mol. The van der Waals surface area contributed by atoms with Crippen molar-refractivity contribution < 1.29 is 4.74 Å². The molecule has 0 saturated heterocycles. The first kappa shape index (κ1) is 12.4. The summed E-state index contributed by atoms with van der Waals surface area (Å²) in [5.74, 6) is 1.10. The van der Waals surface area contributed by atoms with Crippen LogP contribution in [0.2, 0.25) is 0 Å². The zero-order valence-corrected chi connectivity index (χ0v) is 11.2. The highest BCUT2D eigenvalue weighted by Crippen LogP contribution is 2.27. The van der Waals surface area contributed by atoms with E-state index in [0.717, 1.165) is 13.0 Å². The molecule has 0 saturated carbocycles. The predicted octanol–water partition coefficient (Wildman–Crippen LogP) is 2.89. The molecule has 0 fully saturated rings. The number of hydrogen-bond donors (Lipinski definition) is 0. The number of rotatable bonds is 4. The molecule has 1 aromatic heterocycles. The Labute approximate surface area is 103 Å². The highest BCUT2D eigenvalue weighted by Gasteiger charge is 2.21. The van der Waals surface area contributed by atoms with Gasteiger partial charge in [0.15, 0.2) is 0 Å². The first-order valence-electron chi connectivity index (χ1n) is 6.37. The average Bonchev–Trinajstić information content (AvgIpc) is 2.86. The van der Waals surface area contributed by atoms with Crippen molar-refractivity contribution in [3.8, 4) is 0 Å². The second kappa shape index (κ2) is 5.05. The Kier molecular flexibility index (Phi) is 3.67. The molecule has 2 heterocycles. The van der Waals surface area contributed by atoms with Crippen molar-refractivity contribution in [2.45, 2.75) is 39.2 Å². The number of ether oxygens (including phenoxy) is 1. The van der Waals surface area contributed by atoms with E-state index in [1.807, 2.05) is 17.9 Å². The zero-order chi connectivity index (χ0) is 12.4. The maximum absolute atomic E-state index is 5.81. The van der Waals surface area contributed by atoms with Crippen LogP contribution in [0.3, 0.4) is 0 Å². The third kappa shape index (κ3) is 2.97. The van der Waals surface area contributed by atoms with Crippen molar-refractivity contribution >= 4 is 0 Å². The minimum absolute atomic E-state index is 0.280. The molecule has 1 aliphatic heterocycles. The molecule has 0 amide bonds. The van der Waals surface area contributed by atoms with Gasteiger partial charge in [0, 0.05) is 13.2 Å². The van der Waals surface area contributed by atoms with Crippen LogP contribution in [0.4, 0.5) is 0 Å². The summed E-state index contributed by atoms with van der Waals surface area (Å²) < 4.78 is 7.66. The van der Waals surface area contributed by atoms with Crippen molar-refractivity contribution in [1.29, 1.82) is 0 Å². The zero-order valence-electron chi connectivity index (χ0n) is 11.2. The summed E-state index contributed by atoms with van der Waals surface area (Å²) in [5.41, 5.74) is 2.73. The standard InChI is InChI=1S/C14H22N2O/c1-10(2)12-6-14(17-9-12)5-11(3)13-7-15-16(4)8-13/h6-8,10-11,14H,5,9H2,1-4H3/t11-,14?/m1/s1. The summed E-state index contributed by atoms with van der Waals surface area (Å²) in [6, 6.07) is 0. The van der Waals surface area contributed by atoms with Crippen LogP contribution in [0.5, 0.6) is 0 Å². The van der Waals surface area contributed by atoms with Gasteiger partial charge in [-0.05, 0) is 29.4 Å². The van der Waals surface area contributed by atoms with Gasteiger partial charge in [0.05, 0.1) is 18.9 Å². The molecular weight excluding hydrogens is 212 g/mol. The third-order valence-electron chi connectivity index (χ3n) is 3.49. The Hall–Kier alpha value is -1.09. The molecule has 17 heavy (non-hydrogen) atoms. The average molecular weight is 234 g/mol. The topological polar surface area (TPSA) is 27.1 Å². The first-order chi connectivity index (χ1) is 8.06. The van der Waals surface area contributed by atoms with E-state index in [4.69, 9.17) is 4.74 Å². The molecule has 3 nitrogen and oxygen atoms in total. The van der Waals surface area contributed by atoms with Gasteiger partial charge in [-0.25, -0.2) is 0 Å². The molecule has 2 rings (SSSR count). The molecule has 2 atom stereocenters.